The second kappa shape index (κ2) is 17.5. The number of carboxylic acids is 1. The molecule has 296 valence electrons. The maximum atomic E-state index is 13.5. The molecule has 2 aliphatic heterocycles. The van der Waals surface area contributed by atoms with Crippen molar-refractivity contribution in [3.63, 3.8) is 0 Å². The lowest BCUT2D eigenvalue weighted by Gasteiger charge is -2.42. The first kappa shape index (κ1) is 40.9. The molecule has 3 aromatic rings. The van der Waals surface area contributed by atoms with E-state index in [-0.39, 0.29) is 54.8 Å². The quantitative estimate of drug-likeness (QED) is 0.213. The fourth-order valence-electron chi connectivity index (χ4n) is 6.42. The lowest BCUT2D eigenvalue weighted by molar-refractivity contribution is -0.271. The van der Waals surface area contributed by atoms with Gasteiger partial charge in [0, 0.05) is 53.5 Å². The Kier molecular flexibility index (Phi) is 13.0. The topological polar surface area (TPSA) is 244 Å². The number of nitriles is 1. The van der Waals surface area contributed by atoms with Gasteiger partial charge in [-0.05, 0) is 36.1 Å². The molecule has 3 amide bonds. The number of carboxylic acid groups (broad SMARTS) is 1. The third-order valence-electron chi connectivity index (χ3n) is 9.82. The SMILES string of the molecule is C[C@@H]1CCN(C(=O)CC#N)C[C@@H]1N(C)c1ncnc2c1ccn2C(=O)N(C)CCN(C)C(=O)OCc1ccc(O[C@@H]2O[C@H](C(=O)O)[C@@H](O)[C@H](O)[C@H]2O)c(Cl)c1. The van der Waals surface area contributed by atoms with Crippen molar-refractivity contribution in [2.75, 3.05) is 52.2 Å². The Morgan fingerprint density at radius 1 is 1.05 bits per heavy atom. The number of anilines is 1. The Balaban J connectivity index is 1.14. The molecule has 0 saturated carbocycles. The maximum Gasteiger partial charge on any atom is 0.409 e. The molecule has 1 aromatic carbocycles. The number of likely N-dealkylation sites (tertiary alicyclic amines) is 1. The van der Waals surface area contributed by atoms with Gasteiger partial charge in [-0.3, -0.25) is 9.36 Å². The minimum atomic E-state index is -1.88. The number of fused-ring (bicyclic) bond motifs is 1. The van der Waals surface area contributed by atoms with Gasteiger partial charge in [0.1, 0.15) is 49.2 Å². The first-order chi connectivity index (χ1) is 26.1. The summed E-state index contributed by atoms with van der Waals surface area (Å²) in [5, 5.41) is 49.0. The summed E-state index contributed by atoms with van der Waals surface area (Å²) in [6, 6.07) is 7.51. The maximum absolute atomic E-state index is 13.5. The largest absolute Gasteiger partial charge is 0.479 e. The third-order valence-corrected chi connectivity index (χ3v) is 10.1. The predicted octanol–water partition coefficient (Wildman–Crippen LogP) is 1.11. The monoisotopic (exact) mass is 786 g/mol. The van der Waals surface area contributed by atoms with Crippen LogP contribution in [0.5, 0.6) is 5.75 Å². The van der Waals surface area contributed by atoms with Crippen molar-refractivity contribution in [3.05, 3.63) is 47.4 Å². The summed E-state index contributed by atoms with van der Waals surface area (Å²) >= 11 is 6.31. The molecule has 2 fully saturated rings. The summed E-state index contributed by atoms with van der Waals surface area (Å²) in [7, 11) is 4.99. The van der Waals surface area contributed by atoms with Crippen LogP contribution in [-0.4, -0.2) is 158 Å². The number of aromatic nitrogens is 3. The van der Waals surface area contributed by atoms with Crippen molar-refractivity contribution in [2.24, 2.45) is 5.92 Å². The average Bonchev–Trinajstić information content (AvgIpc) is 3.60. The minimum absolute atomic E-state index is 0.00518. The standard InChI is InChI=1S/C35H43ClN8O11/c1-19-8-11-43(25(45)7-10-37)16-23(19)42(4)30-21-9-12-44(31(21)39-18-38-30)34(51)40(2)13-14-41(3)35(52)53-17-20-5-6-24(22(36)15-20)54-33-28(48)26(46)27(47)29(55-33)32(49)50/h5-6,9,12,15,18-19,23,26-29,33,46-48H,7-8,11,13-14,16-17H2,1-4H3,(H,49,50)/t19-,23+,26+,27+,28-,29+,33-/m1/s1. The zero-order valence-corrected chi connectivity index (χ0v) is 31.3. The highest BCUT2D eigenvalue weighted by Gasteiger charge is 2.48. The van der Waals surface area contributed by atoms with Gasteiger partial charge in [-0.1, -0.05) is 24.6 Å². The zero-order valence-electron chi connectivity index (χ0n) is 30.6. The molecule has 2 saturated heterocycles. The van der Waals surface area contributed by atoms with Crippen LogP contribution in [0.4, 0.5) is 15.4 Å². The van der Waals surface area contributed by atoms with E-state index in [1.165, 1.54) is 45.9 Å². The van der Waals surface area contributed by atoms with E-state index in [1.54, 1.807) is 24.2 Å². The molecule has 0 spiro atoms. The molecule has 2 aromatic heterocycles. The number of likely N-dealkylation sites (N-methyl/N-ethyl adjacent to an activating group) is 3. The van der Waals surface area contributed by atoms with Crippen molar-refractivity contribution in [1.82, 2.24) is 29.2 Å². The average molecular weight is 787 g/mol. The van der Waals surface area contributed by atoms with E-state index < -0.39 is 48.8 Å². The molecule has 4 N–H and O–H groups in total. The van der Waals surface area contributed by atoms with E-state index in [0.717, 1.165) is 6.42 Å². The number of carbonyl (C=O) groups is 4. The summed E-state index contributed by atoms with van der Waals surface area (Å²) < 4.78 is 17.4. The number of amides is 3. The molecule has 5 rings (SSSR count). The fourth-order valence-corrected chi connectivity index (χ4v) is 6.67. The number of benzene rings is 1. The van der Waals surface area contributed by atoms with Gasteiger partial charge in [-0.15, -0.1) is 0 Å². The number of aliphatic hydroxyl groups is 3. The minimum Gasteiger partial charge on any atom is -0.479 e. The number of rotatable bonds is 11. The second-order valence-corrected chi connectivity index (χ2v) is 13.9. The second-order valence-electron chi connectivity index (χ2n) is 13.5. The number of halogens is 1. The molecule has 7 atom stereocenters. The summed E-state index contributed by atoms with van der Waals surface area (Å²) in [5.74, 6) is -0.959. The van der Waals surface area contributed by atoms with Gasteiger partial charge in [-0.2, -0.15) is 5.26 Å². The highest BCUT2D eigenvalue weighted by molar-refractivity contribution is 6.32. The summed E-state index contributed by atoms with van der Waals surface area (Å²) in [4.78, 5) is 65.4. The van der Waals surface area contributed by atoms with E-state index in [9.17, 15) is 39.6 Å². The molecule has 20 heteroatoms. The van der Waals surface area contributed by atoms with Crippen LogP contribution in [-0.2, 0) is 25.7 Å². The van der Waals surface area contributed by atoms with Gasteiger partial charge in [0.2, 0.25) is 12.2 Å². The van der Waals surface area contributed by atoms with Crippen LogP contribution in [0.25, 0.3) is 11.0 Å². The Labute approximate surface area is 320 Å². The Hall–Kier alpha value is -5.26. The molecule has 0 radical (unpaired) electrons. The van der Waals surface area contributed by atoms with Gasteiger partial charge in [0.25, 0.3) is 0 Å². The molecule has 55 heavy (non-hydrogen) atoms. The van der Waals surface area contributed by atoms with Crippen molar-refractivity contribution in [2.45, 2.75) is 63.1 Å². The smallest absolute Gasteiger partial charge is 0.409 e. The lowest BCUT2D eigenvalue weighted by atomic mass is 9.92. The highest BCUT2D eigenvalue weighted by Crippen LogP contribution is 2.32. The first-order valence-corrected chi connectivity index (χ1v) is 17.7. The van der Waals surface area contributed by atoms with Gasteiger partial charge < -0.3 is 54.2 Å². The van der Waals surface area contributed by atoms with Crippen LogP contribution in [0.2, 0.25) is 5.02 Å². The van der Waals surface area contributed by atoms with Gasteiger partial charge in [0.15, 0.2) is 11.8 Å². The van der Waals surface area contributed by atoms with Crippen LogP contribution in [0, 0.1) is 17.2 Å². The number of carbonyl (C=O) groups excluding carboxylic acids is 3. The zero-order chi connectivity index (χ0) is 40.1. The van der Waals surface area contributed by atoms with Crippen LogP contribution >= 0.6 is 11.6 Å². The molecule has 0 unspecified atom stereocenters. The predicted molar refractivity (Wildman–Crippen MR) is 193 cm³/mol. The van der Waals surface area contributed by atoms with E-state index in [4.69, 9.17) is 31.1 Å². The first-order valence-electron chi connectivity index (χ1n) is 17.3. The number of nitrogens with zero attached hydrogens (tertiary/aromatic N) is 8. The Morgan fingerprint density at radius 2 is 1.78 bits per heavy atom. The molecular formula is C35H43ClN8O11. The molecule has 2 aliphatic rings. The summed E-state index contributed by atoms with van der Waals surface area (Å²) in [6.45, 7) is 3.21. The Morgan fingerprint density at radius 3 is 2.47 bits per heavy atom. The number of hydrogen-bond acceptors (Lipinski definition) is 14. The van der Waals surface area contributed by atoms with Gasteiger partial charge in [-0.25, -0.2) is 24.4 Å². The fraction of sp³-hybridized carbons (Fsp3) is 0.514. The van der Waals surface area contributed by atoms with Crippen molar-refractivity contribution in [1.29, 1.82) is 5.26 Å². The number of hydrogen-bond donors (Lipinski definition) is 4. The third kappa shape index (κ3) is 9.01. The Bertz CT molecular complexity index is 1940. The van der Waals surface area contributed by atoms with Crippen LogP contribution in [0.1, 0.15) is 25.3 Å². The van der Waals surface area contributed by atoms with Crippen LogP contribution in [0.15, 0.2) is 36.8 Å². The van der Waals surface area contributed by atoms with Gasteiger partial charge in [0.05, 0.1) is 22.5 Å². The van der Waals surface area contributed by atoms with Crippen LogP contribution < -0.4 is 9.64 Å². The van der Waals surface area contributed by atoms with E-state index in [2.05, 4.69) is 16.9 Å². The van der Waals surface area contributed by atoms with E-state index >= 15 is 0 Å². The van der Waals surface area contributed by atoms with Crippen molar-refractivity contribution in [3.8, 4) is 11.8 Å². The number of piperidine rings is 1. The molecule has 19 nitrogen and oxygen atoms in total. The van der Waals surface area contributed by atoms with E-state index in [0.29, 0.717) is 35.5 Å². The summed E-state index contributed by atoms with van der Waals surface area (Å²) in [6.07, 6.45) is -6.10. The van der Waals surface area contributed by atoms with Crippen molar-refractivity contribution < 1.29 is 53.8 Å². The van der Waals surface area contributed by atoms with Crippen molar-refractivity contribution >= 4 is 52.5 Å². The normalized spacial score (nSPS) is 23.8. The molecule has 0 bridgehead atoms. The van der Waals surface area contributed by atoms with Crippen LogP contribution in [0.3, 0.4) is 0 Å². The van der Waals surface area contributed by atoms with E-state index in [1.807, 2.05) is 18.0 Å². The number of aliphatic carboxylic acids is 1. The number of aliphatic hydroxyl groups excluding tert-OH is 3. The molecular weight excluding hydrogens is 744 g/mol. The molecule has 4 heterocycles. The van der Waals surface area contributed by atoms with Gasteiger partial charge >= 0.3 is 18.1 Å². The highest BCUT2D eigenvalue weighted by atomic mass is 35.5. The lowest BCUT2D eigenvalue weighted by Crippen LogP contribution is -2.61. The number of ether oxygens (including phenoxy) is 3. The molecule has 0 aliphatic carbocycles. The summed E-state index contributed by atoms with van der Waals surface area (Å²) in [5.41, 5.74) is 0.852.